The van der Waals surface area contributed by atoms with Crippen LogP contribution < -0.4 is 34.7 Å². The van der Waals surface area contributed by atoms with Crippen LogP contribution in [-0.4, -0.2) is 46.7 Å². The fourth-order valence-electron chi connectivity index (χ4n) is 2.61. The van der Waals surface area contributed by atoms with Crippen LogP contribution in [0.25, 0.3) is 0 Å². The van der Waals surface area contributed by atoms with Crippen molar-refractivity contribution in [1.82, 2.24) is 9.80 Å². The summed E-state index contributed by atoms with van der Waals surface area (Å²) in [6.07, 6.45) is 11.2. The van der Waals surface area contributed by atoms with Crippen LogP contribution in [0, 0.1) is 0 Å². The zero-order chi connectivity index (χ0) is 14.8. The van der Waals surface area contributed by atoms with Crippen LogP contribution in [-0.2, 0) is 4.79 Å². The van der Waals surface area contributed by atoms with Gasteiger partial charge in [-0.1, -0.05) is 32.6 Å². The smallest absolute Gasteiger partial charge is 0.550 e. The molecule has 5 nitrogen and oxygen atoms in total. The molecule has 116 valence electrons. The molecule has 1 heterocycles. The van der Waals surface area contributed by atoms with Crippen LogP contribution >= 0.6 is 0 Å². The molecule has 0 aromatic heterocycles. The van der Waals surface area contributed by atoms with Crippen molar-refractivity contribution < 1.29 is 44.6 Å². The Hall–Kier alpha value is -0.230. The molecule has 21 heavy (non-hydrogen) atoms. The summed E-state index contributed by atoms with van der Waals surface area (Å²) in [6.45, 7) is 3.38. The zero-order valence-corrected chi connectivity index (χ0v) is 15.5. The second-order valence-corrected chi connectivity index (χ2v) is 5.30. The Balaban J connectivity index is 0.00000400. The van der Waals surface area contributed by atoms with Gasteiger partial charge in [-0.25, -0.2) is 0 Å². The number of unbranched alkanes of at least 4 members (excludes halogenated alkanes) is 4. The van der Waals surface area contributed by atoms with Crippen molar-refractivity contribution >= 4 is 5.97 Å². The molecule has 0 spiro atoms. The second-order valence-electron chi connectivity index (χ2n) is 5.30. The van der Waals surface area contributed by atoms with E-state index < -0.39 is 5.97 Å². The van der Waals surface area contributed by atoms with Crippen molar-refractivity contribution in [1.29, 1.82) is 0 Å². The van der Waals surface area contributed by atoms with E-state index in [1.165, 1.54) is 25.7 Å². The maximum absolute atomic E-state index is 10.6. The van der Waals surface area contributed by atoms with E-state index in [9.17, 15) is 9.90 Å². The number of nitrogens with zero attached hydrogens (tertiary/aromatic N) is 2. The third kappa shape index (κ3) is 8.10. The molecule has 1 atom stereocenters. The first-order valence-electron chi connectivity index (χ1n) is 7.69. The van der Waals surface area contributed by atoms with Gasteiger partial charge in [-0.2, -0.15) is 0 Å². The average molecular weight is 306 g/mol. The number of rotatable bonds is 11. The van der Waals surface area contributed by atoms with Crippen LogP contribution in [0.4, 0.5) is 0 Å². The molecule has 0 saturated carbocycles. The summed E-state index contributed by atoms with van der Waals surface area (Å²) < 4.78 is 0. The van der Waals surface area contributed by atoms with Gasteiger partial charge in [0.15, 0.2) is 0 Å². The van der Waals surface area contributed by atoms with Gasteiger partial charge in [-0.15, -0.1) is 0 Å². The standard InChI is InChI=1S/C15H28N2O3.Na/c1-2-3-4-5-6-7-14-16(9-8-15(19)20)10-11-17(14)12-13-18;/h10-11,14,18H,2-9,12-13H2,1H3,(H,19,20);/q;+1/p-1. The third-order valence-electron chi connectivity index (χ3n) is 3.71. The molecule has 0 fully saturated rings. The summed E-state index contributed by atoms with van der Waals surface area (Å²) in [5, 5.41) is 19.7. The third-order valence-corrected chi connectivity index (χ3v) is 3.71. The van der Waals surface area contributed by atoms with Crippen molar-refractivity contribution in [2.24, 2.45) is 0 Å². The maximum Gasteiger partial charge on any atom is 1.00 e. The summed E-state index contributed by atoms with van der Waals surface area (Å²) in [4.78, 5) is 14.7. The second kappa shape index (κ2) is 12.3. The Bertz CT molecular complexity index is 313. The van der Waals surface area contributed by atoms with Crippen LogP contribution in [0.2, 0.25) is 0 Å². The predicted molar refractivity (Wildman–Crippen MR) is 76.4 cm³/mol. The number of hydrogen-bond donors (Lipinski definition) is 1. The Kier molecular flexibility index (Phi) is 12.2. The van der Waals surface area contributed by atoms with Gasteiger partial charge in [-0.05, 0) is 12.8 Å². The molecule has 0 bridgehead atoms. The summed E-state index contributed by atoms with van der Waals surface area (Å²) in [5.41, 5.74) is 0. The Morgan fingerprint density at radius 3 is 2.33 bits per heavy atom. The number of carbonyl (C=O) groups is 1. The van der Waals surface area contributed by atoms with Crippen LogP contribution in [0.5, 0.6) is 0 Å². The average Bonchev–Trinajstić information content (AvgIpc) is 2.79. The van der Waals surface area contributed by atoms with E-state index in [0.29, 0.717) is 13.1 Å². The quantitative estimate of drug-likeness (QED) is 0.350. The van der Waals surface area contributed by atoms with Gasteiger partial charge in [-0.3, -0.25) is 0 Å². The molecule has 1 rings (SSSR count). The van der Waals surface area contributed by atoms with Gasteiger partial charge >= 0.3 is 29.6 Å². The number of hydrogen-bond acceptors (Lipinski definition) is 5. The first-order chi connectivity index (χ1) is 9.69. The van der Waals surface area contributed by atoms with Crippen molar-refractivity contribution in [2.45, 2.75) is 58.0 Å². The van der Waals surface area contributed by atoms with E-state index in [-0.39, 0.29) is 48.8 Å². The predicted octanol–water partition coefficient (Wildman–Crippen LogP) is -2.10. The van der Waals surface area contributed by atoms with E-state index in [1.807, 2.05) is 17.3 Å². The fourth-order valence-corrected chi connectivity index (χ4v) is 2.61. The Morgan fingerprint density at radius 1 is 1.14 bits per heavy atom. The molecule has 1 aliphatic heterocycles. The first kappa shape index (κ1) is 20.8. The number of β-amino-alcohol motifs (C(OH)–C–C–N with tert-alkyl or cyclic N) is 1. The number of aliphatic hydroxyl groups excluding tert-OH is 1. The molecule has 0 aromatic rings. The molecule has 1 N–H and O–H groups in total. The molecule has 0 aliphatic carbocycles. The summed E-state index contributed by atoms with van der Waals surface area (Å²) in [7, 11) is 0. The van der Waals surface area contributed by atoms with Crippen molar-refractivity contribution in [3.8, 4) is 0 Å². The number of aliphatic carboxylic acids is 1. The number of carboxylic acid groups (broad SMARTS) is 1. The summed E-state index contributed by atoms with van der Waals surface area (Å²) >= 11 is 0. The molecule has 0 radical (unpaired) electrons. The molecule has 0 amide bonds. The summed E-state index contributed by atoms with van der Waals surface area (Å²) in [6, 6.07) is 0. The van der Waals surface area contributed by atoms with Crippen LogP contribution in [0.1, 0.15) is 51.9 Å². The Labute approximate surface area is 150 Å². The minimum absolute atomic E-state index is 0. The Morgan fingerprint density at radius 2 is 1.76 bits per heavy atom. The number of carboxylic acids is 1. The molecule has 0 saturated heterocycles. The molecular weight excluding hydrogens is 279 g/mol. The van der Waals surface area contributed by atoms with Crippen LogP contribution in [0.3, 0.4) is 0 Å². The van der Waals surface area contributed by atoms with E-state index in [0.717, 1.165) is 12.8 Å². The van der Waals surface area contributed by atoms with Crippen molar-refractivity contribution in [2.75, 3.05) is 19.7 Å². The fraction of sp³-hybridized carbons (Fsp3) is 0.800. The van der Waals surface area contributed by atoms with E-state index >= 15 is 0 Å². The monoisotopic (exact) mass is 306 g/mol. The molecule has 6 heteroatoms. The van der Waals surface area contributed by atoms with Gasteiger partial charge in [0, 0.05) is 37.9 Å². The first-order valence-corrected chi connectivity index (χ1v) is 7.69. The maximum atomic E-state index is 10.6. The minimum Gasteiger partial charge on any atom is -0.550 e. The van der Waals surface area contributed by atoms with Crippen molar-refractivity contribution in [3.05, 3.63) is 12.4 Å². The minimum atomic E-state index is -1.01. The number of aliphatic hydroxyl groups is 1. The van der Waals surface area contributed by atoms with Gasteiger partial charge in [0.25, 0.3) is 0 Å². The van der Waals surface area contributed by atoms with E-state index in [1.54, 1.807) is 0 Å². The zero-order valence-electron chi connectivity index (χ0n) is 13.5. The largest absolute Gasteiger partial charge is 1.00 e. The molecule has 1 aliphatic rings. The van der Waals surface area contributed by atoms with Crippen molar-refractivity contribution in [3.63, 3.8) is 0 Å². The van der Waals surface area contributed by atoms with E-state index in [2.05, 4.69) is 11.8 Å². The van der Waals surface area contributed by atoms with E-state index in [4.69, 9.17) is 5.11 Å². The topological polar surface area (TPSA) is 66.8 Å². The molecule has 0 aromatic carbocycles. The van der Waals surface area contributed by atoms with Gasteiger partial charge in [0.05, 0.1) is 6.61 Å². The van der Waals surface area contributed by atoms with Crippen LogP contribution in [0.15, 0.2) is 12.4 Å². The SMILES string of the molecule is CCCCCCCC1N(CCO)C=CN1CCC(=O)[O-].[Na+]. The normalized spacial score (nSPS) is 17.1. The number of carbonyl (C=O) groups excluding carboxylic acids is 1. The summed E-state index contributed by atoms with van der Waals surface area (Å²) in [5.74, 6) is -1.01. The molecule has 1 unspecified atom stereocenters. The van der Waals surface area contributed by atoms with Gasteiger partial charge in [0.1, 0.15) is 6.17 Å². The molecular formula is C15H27N2NaO3. The van der Waals surface area contributed by atoms with Gasteiger partial charge in [0.2, 0.25) is 0 Å². The van der Waals surface area contributed by atoms with Gasteiger partial charge < -0.3 is 24.8 Å².